The molecule has 0 bridgehead atoms. The third-order valence-electron chi connectivity index (χ3n) is 2.98. The van der Waals surface area contributed by atoms with Crippen LogP contribution >= 0.6 is 27.7 Å². The lowest BCUT2D eigenvalue weighted by atomic mass is 10.2. The second kappa shape index (κ2) is 6.73. The number of nitrogens with one attached hydrogen (secondary N) is 1. The minimum Gasteiger partial charge on any atom is -0.278 e. The largest absolute Gasteiger partial charge is 0.278 e. The summed E-state index contributed by atoms with van der Waals surface area (Å²) in [4.78, 5) is 0.999. The van der Waals surface area contributed by atoms with Gasteiger partial charge in [-0.2, -0.15) is 5.26 Å². The van der Waals surface area contributed by atoms with Gasteiger partial charge in [-0.25, -0.2) is 8.42 Å². The van der Waals surface area contributed by atoms with E-state index in [0.29, 0.717) is 15.7 Å². The van der Waals surface area contributed by atoms with Crippen molar-refractivity contribution in [3.8, 4) is 5.40 Å². The molecule has 0 radical (unpaired) electrons. The molecule has 4 nitrogen and oxygen atoms in total. The van der Waals surface area contributed by atoms with Gasteiger partial charge in [0.2, 0.25) is 0 Å². The number of hydrogen-bond acceptors (Lipinski definition) is 4. The average molecular weight is 397 g/mol. The minimum atomic E-state index is -3.67. The van der Waals surface area contributed by atoms with Gasteiger partial charge in [-0.3, -0.25) is 4.72 Å². The number of benzene rings is 2. The second-order valence-electron chi connectivity index (χ2n) is 4.71. The van der Waals surface area contributed by atoms with Gasteiger partial charge < -0.3 is 0 Å². The second-order valence-corrected chi connectivity index (χ2v) is 8.07. The van der Waals surface area contributed by atoms with Crippen molar-refractivity contribution in [3.63, 3.8) is 0 Å². The molecule has 0 amide bonds. The topological polar surface area (TPSA) is 70.0 Å². The molecule has 0 aliphatic heterocycles. The molecule has 0 atom stereocenters. The number of thiocyanates is 1. The molecule has 0 fully saturated rings. The van der Waals surface area contributed by atoms with Crippen LogP contribution in [0.2, 0.25) is 0 Å². The van der Waals surface area contributed by atoms with E-state index >= 15 is 0 Å². The highest BCUT2D eigenvalue weighted by Gasteiger charge is 2.18. The predicted octanol–water partition coefficient (Wildman–Crippen LogP) is 4.44. The third kappa shape index (κ3) is 3.83. The third-order valence-corrected chi connectivity index (χ3v) is 5.73. The fourth-order valence-electron chi connectivity index (χ4n) is 1.89. The van der Waals surface area contributed by atoms with Crippen LogP contribution < -0.4 is 4.72 Å². The molecular weight excluding hydrogens is 384 g/mol. The van der Waals surface area contributed by atoms with Gasteiger partial charge >= 0.3 is 0 Å². The average Bonchev–Trinajstić information content (AvgIpc) is 2.44. The Hall–Kier alpha value is -1.49. The smallest absolute Gasteiger partial charge is 0.262 e. The molecule has 0 aliphatic carbocycles. The maximum atomic E-state index is 12.5. The Morgan fingerprint density at radius 1 is 1.18 bits per heavy atom. The molecule has 0 saturated carbocycles. The van der Waals surface area contributed by atoms with E-state index in [2.05, 4.69) is 20.7 Å². The molecule has 0 spiro atoms. The van der Waals surface area contributed by atoms with Gasteiger partial charge in [0.25, 0.3) is 10.0 Å². The Labute approximate surface area is 142 Å². The number of nitrogens with zero attached hydrogens (tertiary/aromatic N) is 1. The number of rotatable bonds is 4. The quantitative estimate of drug-likeness (QED) is 0.612. The minimum absolute atomic E-state index is 0.259. The van der Waals surface area contributed by atoms with Gasteiger partial charge in [0.15, 0.2) is 0 Å². The monoisotopic (exact) mass is 396 g/mol. The maximum absolute atomic E-state index is 12.5. The molecule has 0 saturated heterocycles. The number of anilines is 1. The van der Waals surface area contributed by atoms with Gasteiger partial charge in [0, 0.05) is 9.37 Å². The number of thioether (sulfide) groups is 1. The summed E-state index contributed by atoms with van der Waals surface area (Å²) in [5.74, 6) is 0. The Kier molecular flexibility index (Phi) is 5.16. The lowest BCUT2D eigenvalue weighted by molar-refractivity contribution is 0.600. The summed E-state index contributed by atoms with van der Waals surface area (Å²) in [5, 5.41) is 10.6. The lowest BCUT2D eigenvalue weighted by Gasteiger charge is -2.12. The normalized spacial score (nSPS) is 11.0. The summed E-state index contributed by atoms with van der Waals surface area (Å²) < 4.78 is 28.3. The first-order chi connectivity index (χ1) is 10.3. The van der Waals surface area contributed by atoms with Gasteiger partial charge in [-0.15, -0.1) is 0 Å². The van der Waals surface area contributed by atoms with E-state index in [9.17, 15) is 8.42 Å². The number of sulfonamides is 1. The van der Waals surface area contributed by atoms with Crippen LogP contribution in [0.5, 0.6) is 0 Å². The van der Waals surface area contributed by atoms with Crippen molar-refractivity contribution in [3.05, 3.63) is 52.0 Å². The maximum Gasteiger partial charge on any atom is 0.262 e. The van der Waals surface area contributed by atoms with Crippen LogP contribution in [0.4, 0.5) is 5.69 Å². The van der Waals surface area contributed by atoms with Crippen molar-refractivity contribution in [2.45, 2.75) is 23.6 Å². The highest BCUT2D eigenvalue weighted by Crippen LogP contribution is 2.30. The fraction of sp³-hybridized carbons (Fsp3) is 0.133. The molecule has 2 rings (SSSR count). The first-order valence-electron chi connectivity index (χ1n) is 6.29. The summed E-state index contributed by atoms with van der Waals surface area (Å²) >= 11 is 4.34. The lowest BCUT2D eigenvalue weighted by Crippen LogP contribution is -2.14. The van der Waals surface area contributed by atoms with Crippen molar-refractivity contribution >= 4 is 43.4 Å². The summed E-state index contributed by atoms with van der Waals surface area (Å²) in [6.45, 7) is 3.61. The molecule has 0 aliphatic rings. The summed E-state index contributed by atoms with van der Waals surface area (Å²) in [6.07, 6.45) is 0. The van der Waals surface area contributed by atoms with E-state index in [-0.39, 0.29) is 4.90 Å². The molecule has 0 unspecified atom stereocenters. The van der Waals surface area contributed by atoms with Crippen molar-refractivity contribution in [1.82, 2.24) is 0 Å². The zero-order valence-corrected chi connectivity index (χ0v) is 15.1. The molecule has 114 valence electrons. The molecule has 0 heterocycles. The van der Waals surface area contributed by atoms with E-state index in [1.165, 1.54) is 0 Å². The van der Waals surface area contributed by atoms with Crippen LogP contribution in [0.3, 0.4) is 0 Å². The highest BCUT2D eigenvalue weighted by atomic mass is 79.9. The number of nitriles is 1. The molecule has 7 heteroatoms. The first-order valence-corrected chi connectivity index (χ1v) is 9.38. The van der Waals surface area contributed by atoms with Crippen molar-refractivity contribution in [1.29, 1.82) is 5.26 Å². The van der Waals surface area contributed by atoms with E-state index in [1.807, 2.05) is 18.4 Å². The standard InChI is InChI=1S/C15H13BrN2O2S2/c1-10-3-4-11(2)15(7-10)22(19,20)18-14-6-5-12(21-9-17)8-13(14)16/h3-8,18H,1-2H3. The summed E-state index contributed by atoms with van der Waals surface area (Å²) in [7, 11) is -3.67. The van der Waals surface area contributed by atoms with Crippen LogP contribution in [-0.4, -0.2) is 8.42 Å². The summed E-state index contributed by atoms with van der Waals surface area (Å²) in [6, 6.07) is 10.3. The van der Waals surface area contributed by atoms with Gasteiger partial charge in [0.1, 0.15) is 5.40 Å². The van der Waals surface area contributed by atoms with E-state index in [1.54, 1.807) is 37.3 Å². The van der Waals surface area contributed by atoms with Crippen LogP contribution in [0.25, 0.3) is 0 Å². The number of halogens is 1. The van der Waals surface area contributed by atoms with Crippen molar-refractivity contribution in [2.75, 3.05) is 4.72 Å². The first kappa shape index (κ1) is 16.9. The van der Waals surface area contributed by atoms with Crippen LogP contribution in [0.1, 0.15) is 11.1 Å². The van der Waals surface area contributed by atoms with Gasteiger partial charge in [0.05, 0.1) is 10.6 Å². The Bertz CT molecular complexity index is 858. The van der Waals surface area contributed by atoms with E-state index in [4.69, 9.17) is 5.26 Å². The zero-order chi connectivity index (χ0) is 16.3. The van der Waals surface area contributed by atoms with Crippen LogP contribution in [-0.2, 0) is 10.0 Å². The molecule has 2 aromatic carbocycles. The molecule has 22 heavy (non-hydrogen) atoms. The number of aryl methyl sites for hydroxylation is 2. The van der Waals surface area contributed by atoms with Gasteiger partial charge in [-0.1, -0.05) is 12.1 Å². The van der Waals surface area contributed by atoms with Crippen LogP contribution in [0.15, 0.2) is 50.7 Å². The fourth-order valence-corrected chi connectivity index (χ4v) is 4.48. The zero-order valence-electron chi connectivity index (χ0n) is 11.9. The molecule has 2 aromatic rings. The molecule has 1 N–H and O–H groups in total. The van der Waals surface area contributed by atoms with Crippen molar-refractivity contribution in [2.24, 2.45) is 0 Å². The van der Waals surface area contributed by atoms with Crippen LogP contribution in [0, 0.1) is 24.5 Å². The van der Waals surface area contributed by atoms with E-state index < -0.39 is 10.0 Å². The SMILES string of the molecule is Cc1ccc(C)c(S(=O)(=O)Nc2ccc(SC#N)cc2Br)c1. The van der Waals surface area contributed by atoms with E-state index in [0.717, 1.165) is 22.2 Å². The summed E-state index contributed by atoms with van der Waals surface area (Å²) in [5.41, 5.74) is 2.00. The number of hydrogen-bond donors (Lipinski definition) is 1. The predicted molar refractivity (Wildman–Crippen MR) is 92.3 cm³/mol. The van der Waals surface area contributed by atoms with Gasteiger partial charge in [-0.05, 0) is 76.9 Å². The Morgan fingerprint density at radius 3 is 2.55 bits per heavy atom. The molecule has 0 aromatic heterocycles. The Morgan fingerprint density at radius 2 is 1.91 bits per heavy atom. The Balaban J connectivity index is 2.37. The molecular formula is C15H13BrN2O2S2. The highest BCUT2D eigenvalue weighted by molar-refractivity contribution is 9.10. The van der Waals surface area contributed by atoms with Crippen molar-refractivity contribution < 1.29 is 8.42 Å².